The molecule has 7 heteroatoms. The largest absolute Gasteiger partial charge is 0.387 e. The van der Waals surface area contributed by atoms with Gasteiger partial charge in [-0.05, 0) is 11.5 Å². The van der Waals surface area contributed by atoms with E-state index >= 15 is 0 Å². The van der Waals surface area contributed by atoms with Crippen LogP contribution in [0.4, 0.5) is 0 Å². The number of hydrogen-bond acceptors (Lipinski definition) is 6. The number of amides is 1. The topological polar surface area (TPSA) is 66.8 Å². The van der Waals surface area contributed by atoms with Crippen LogP contribution in [0.3, 0.4) is 0 Å². The van der Waals surface area contributed by atoms with Crippen molar-refractivity contribution < 1.29 is 9.63 Å². The molecule has 1 spiro atoms. The predicted octanol–water partition coefficient (Wildman–Crippen LogP) is 2.78. The molecular weight excluding hydrogens is 360 g/mol. The number of carbonyl (C=O) groups excluding carboxylic acids is 1. The number of benzene rings is 1. The lowest BCUT2D eigenvalue weighted by molar-refractivity contribution is -0.115. The molecule has 2 aliphatic rings. The summed E-state index contributed by atoms with van der Waals surface area (Å²) in [7, 11) is 0. The van der Waals surface area contributed by atoms with Crippen LogP contribution in [-0.2, 0) is 16.2 Å². The number of thiazole rings is 1. The van der Waals surface area contributed by atoms with Crippen molar-refractivity contribution >= 4 is 23.0 Å². The second-order valence-electron chi connectivity index (χ2n) is 7.40. The molecule has 0 radical (unpaired) electrons. The van der Waals surface area contributed by atoms with Crippen molar-refractivity contribution in [1.29, 1.82) is 0 Å². The highest BCUT2D eigenvalue weighted by molar-refractivity contribution is 7.09. The van der Waals surface area contributed by atoms with Gasteiger partial charge in [-0.3, -0.25) is 9.69 Å². The average Bonchev–Trinajstić information content (AvgIpc) is 3.43. The van der Waals surface area contributed by atoms with E-state index in [0.29, 0.717) is 18.7 Å². The zero-order valence-electron chi connectivity index (χ0n) is 15.4. The summed E-state index contributed by atoms with van der Waals surface area (Å²) in [5.74, 6) is 0.139. The molecule has 2 atom stereocenters. The van der Waals surface area contributed by atoms with Gasteiger partial charge in [0.1, 0.15) is 10.7 Å². The second kappa shape index (κ2) is 7.78. The molecule has 2 aliphatic heterocycles. The third kappa shape index (κ3) is 4.20. The summed E-state index contributed by atoms with van der Waals surface area (Å²) in [5, 5.41) is 10.2. The van der Waals surface area contributed by atoms with Gasteiger partial charge in [0.15, 0.2) is 5.60 Å². The van der Waals surface area contributed by atoms with Crippen LogP contribution in [0.15, 0.2) is 47.1 Å². The van der Waals surface area contributed by atoms with Crippen LogP contribution in [0.2, 0.25) is 0 Å². The van der Waals surface area contributed by atoms with Gasteiger partial charge in [0.05, 0.1) is 6.54 Å². The molecule has 3 heterocycles. The maximum Gasteiger partial charge on any atom is 0.269 e. The highest BCUT2D eigenvalue weighted by atomic mass is 32.1. The molecule has 1 aromatic carbocycles. The van der Waals surface area contributed by atoms with Crippen LogP contribution in [0.1, 0.15) is 36.3 Å². The minimum Gasteiger partial charge on any atom is -0.387 e. The standard InChI is InChI=1S/C20H24N4O2S/c1-15(16-5-3-2-4-6-16)12-22-19(25)17-11-20(26-23-17)7-9-24(14-20)13-18-21-8-10-27-18/h2-6,8,10,15H,7,9,11-14H2,1H3,(H,22,25)/t15-,20-/m0/s1. The first kappa shape index (κ1) is 18.1. The maximum absolute atomic E-state index is 12.5. The third-order valence-electron chi connectivity index (χ3n) is 5.28. The van der Waals surface area contributed by atoms with E-state index in [0.717, 1.165) is 31.1 Å². The monoisotopic (exact) mass is 384 g/mol. The average molecular weight is 385 g/mol. The zero-order chi connectivity index (χ0) is 18.7. The molecule has 0 aliphatic carbocycles. The summed E-state index contributed by atoms with van der Waals surface area (Å²) < 4.78 is 0. The van der Waals surface area contributed by atoms with Gasteiger partial charge in [0.2, 0.25) is 0 Å². The number of carbonyl (C=O) groups is 1. The molecule has 0 bridgehead atoms. The highest BCUT2D eigenvalue weighted by Gasteiger charge is 2.46. The fourth-order valence-electron chi connectivity index (χ4n) is 3.69. The molecular formula is C20H24N4O2S. The first-order valence-corrected chi connectivity index (χ1v) is 10.2. The number of hydrogen-bond donors (Lipinski definition) is 1. The van der Waals surface area contributed by atoms with Gasteiger partial charge in [-0.25, -0.2) is 4.98 Å². The number of rotatable bonds is 6. The molecule has 4 rings (SSSR count). The van der Waals surface area contributed by atoms with E-state index in [1.54, 1.807) is 11.3 Å². The normalized spacial score (nSPS) is 23.2. The first-order chi connectivity index (χ1) is 13.1. The van der Waals surface area contributed by atoms with Crippen molar-refractivity contribution in [1.82, 2.24) is 15.2 Å². The predicted molar refractivity (Wildman–Crippen MR) is 106 cm³/mol. The SMILES string of the molecule is C[C@@H](CNC(=O)C1=NO[C@@]2(CCN(Cc3nccs3)C2)C1)c1ccccc1. The Kier molecular flexibility index (Phi) is 5.22. The molecule has 142 valence electrons. The number of oxime groups is 1. The Bertz CT molecular complexity index is 809. The second-order valence-corrected chi connectivity index (χ2v) is 8.38. The van der Waals surface area contributed by atoms with Crippen molar-refractivity contribution in [2.24, 2.45) is 5.16 Å². The van der Waals surface area contributed by atoms with Gasteiger partial charge in [0.25, 0.3) is 5.91 Å². The molecule has 6 nitrogen and oxygen atoms in total. The molecule has 1 N–H and O–H groups in total. The van der Waals surface area contributed by atoms with E-state index in [9.17, 15) is 4.79 Å². The number of aromatic nitrogens is 1. The summed E-state index contributed by atoms with van der Waals surface area (Å²) in [6.45, 7) is 5.25. The Morgan fingerprint density at radius 3 is 3.04 bits per heavy atom. The number of nitrogens with one attached hydrogen (secondary N) is 1. The molecule has 1 amide bonds. The van der Waals surface area contributed by atoms with E-state index in [4.69, 9.17) is 4.84 Å². The van der Waals surface area contributed by atoms with E-state index in [-0.39, 0.29) is 17.4 Å². The Hall–Kier alpha value is -2.25. The Balaban J connectivity index is 1.27. The van der Waals surface area contributed by atoms with Crippen LogP contribution in [0.25, 0.3) is 0 Å². The molecule has 27 heavy (non-hydrogen) atoms. The smallest absolute Gasteiger partial charge is 0.269 e. The molecule has 1 aromatic heterocycles. The minimum atomic E-state index is -0.352. The molecule has 0 unspecified atom stereocenters. The van der Waals surface area contributed by atoms with Gasteiger partial charge in [-0.2, -0.15) is 0 Å². The van der Waals surface area contributed by atoms with E-state index in [2.05, 4.69) is 39.4 Å². The summed E-state index contributed by atoms with van der Waals surface area (Å²) in [5.41, 5.74) is 1.37. The summed E-state index contributed by atoms with van der Waals surface area (Å²) >= 11 is 1.67. The fourth-order valence-corrected chi connectivity index (χ4v) is 4.35. The van der Waals surface area contributed by atoms with Crippen LogP contribution in [0.5, 0.6) is 0 Å². The minimum absolute atomic E-state index is 0.118. The Morgan fingerprint density at radius 1 is 1.41 bits per heavy atom. The van der Waals surface area contributed by atoms with Gasteiger partial charge in [0, 0.05) is 44.1 Å². The lowest BCUT2D eigenvalue weighted by Crippen LogP contribution is -2.37. The van der Waals surface area contributed by atoms with Crippen molar-refractivity contribution in [3.8, 4) is 0 Å². The van der Waals surface area contributed by atoms with E-state index in [1.165, 1.54) is 5.56 Å². The maximum atomic E-state index is 12.5. The fraction of sp³-hybridized carbons (Fsp3) is 0.450. The van der Waals surface area contributed by atoms with E-state index < -0.39 is 0 Å². The lowest BCUT2D eigenvalue weighted by Gasteiger charge is -2.21. The molecule has 2 aromatic rings. The summed E-state index contributed by atoms with van der Waals surface area (Å²) in [4.78, 5) is 24.9. The Labute approximate surface area is 163 Å². The van der Waals surface area contributed by atoms with Crippen molar-refractivity contribution in [3.63, 3.8) is 0 Å². The third-order valence-corrected chi connectivity index (χ3v) is 6.04. The number of nitrogens with zero attached hydrogens (tertiary/aromatic N) is 3. The molecule has 1 saturated heterocycles. The molecule has 1 fully saturated rings. The van der Waals surface area contributed by atoms with Crippen molar-refractivity contribution in [3.05, 3.63) is 52.5 Å². The zero-order valence-corrected chi connectivity index (χ0v) is 16.2. The van der Waals surface area contributed by atoms with Gasteiger partial charge < -0.3 is 10.2 Å². The summed E-state index contributed by atoms with van der Waals surface area (Å²) in [6.07, 6.45) is 3.30. The lowest BCUT2D eigenvalue weighted by atomic mass is 9.96. The summed E-state index contributed by atoms with van der Waals surface area (Å²) in [6, 6.07) is 10.2. The van der Waals surface area contributed by atoms with E-state index in [1.807, 2.05) is 29.8 Å². The van der Waals surface area contributed by atoms with Crippen molar-refractivity contribution in [2.75, 3.05) is 19.6 Å². The Morgan fingerprint density at radius 2 is 2.26 bits per heavy atom. The molecule has 0 saturated carbocycles. The highest BCUT2D eigenvalue weighted by Crippen LogP contribution is 2.34. The van der Waals surface area contributed by atoms with Gasteiger partial charge in [-0.15, -0.1) is 11.3 Å². The van der Waals surface area contributed by atoms with Crippen LogP contribution >= 0.6 is 11.3 Å². The van der Waals surface area contributed by atoms with Gasteiger partial charge >= 0.3 is 0 Å². The van der Waals surface area contributed by atoms with Crippen LogP contribution in [-0.4, -0.2) is 46.7 Å². The van der Waals surface area contributed by atoms with Gasteiger partial charge in [-0.1, -0.05) is 42.4 Å². The van der Waals surface area contributed by atoms with Crippen molar-refractivity contribution in [2.45, 2.75) is 37.8 Å². The first-order valence-electron chi connectivity index (χ1n) is 9.32. The quantitative estimate of drug-likeness (QED) is 0.832. The van der Waals surface area contributed by atoms with Crippen LogP contribution < -0.4 is 5.32 Å². The number of likely N-dealkylation sites (tertiary alicyclic amines) is 1. The van der Waals surface area contributed by atoms with Crippen LogP contribution in [0, 0.1) is 0 Å².